The van der Waals surface area contributed by atoms with Gasteiger partial charge >= 0.3 is 6.18 Å². The van der Waals surface area contributed by atoms with E-state index in [0.29, 0.717) is 18.4 Å². The first kappa shape index (κ1) is 15.6. The molecular weight excluding hydrogens is 294 g/mol. The molecule has 0 spiro atoms. The maximum atomic E-state index is 13.0. The molecule has 2 unspecified atom stereocenters. The lowest BCUT2D eigenvalue weighted by Crippen LogP contribution is -2.45. The first-order chi connectivity index (χ1) is 9.38. The van der Waals surface area contributed by atoms with Gasteiger partial charge in [0.1, 0.15) is 5.82 Å². The van der Waals surface area contributed by atoms with Crippen molar-refractivity contribution in [2.75, 3.05) is 0 Å². The lowest BCUT2D eigenvalue weighted by Gasteiger charge is -2.33. The Balaban J connectivity index is 1.99. The zero-order valence-corrected chi connectivity index (χ0v) is 11.6. The highest BCUT2D eigenvalue weighted by Gasteiger charge is 2.45. The number of alkyl halides is 3. The van der Waals surface area contributed by atoms with Crippen molar-refractivity contribution < 1.29 is 17.6 Å². The molecule has 112 valence electrons. The minimum Gasteiger partial charge on any atom is -0.309 e. The lowest BCUT2D eigenvalue weighted by atomic mass is 9.84. The van der Waals surface area contributed by atoms with Crippen molar-refractivity contribution in [2.24, 2.45) is 5.92 Å². The zero-order chi connectivity index (χ0) is 14.8. The molecule has 0 aliphatic heterocycles. The Labute approximate surface area is 120 Å². The number of hydrogen-bond donors (Lipinski definition) is 1. The van der Waals surface area contributed by atoms with Gasteiger partial charge < -0.3 is 5.32 Å². The molecule has 1 aromatic rings. The summed E-state index contributed by atoms with van der Waals surface area (Å²) in [5.74, 6) is -1.83. The van der Waals surface area contributed by atoms with Gasteiger partial charge in [-0.3, -0.25) is 0 Å². The molecule has 1 saturated carbocycles. The van der Waals surface area contributed by atoms with Gasteiger partial charge in [0, 0.05) is 12.6 Å². The van der Waals surface area contributed by atoms with Crippen molar-refractivity contribution in [2.45, 2.75) is 44.4 Å². The maximum absolute atomic E-state index is 13.0. The van der Waals surface area contributed by atoms with Gasteiger partial charge in [0.05, 0.1) is 10.9 Å². The van der Waals surface area contributed by atoms with Crippen molar-refractivity contribution in [3.63, 3.8) is 0 Å². The standard InChI is InChI=1S/C14H16ClF4N/c15-11-7-9(5-6-12(11)16)8-20-13-4-2-1-3-10(13)14(17,18)19/h5-7,10,13,20H,1-4,8H2. The van der Waals surface area contributed by atoms with E-state index in [2.05, 4.69) is 5.32 Å². The molecule has 0 amide bonds. The fourth-order valence-corrected chi connectivity index (χ4v) is 2.87. The van der Waals surface area contributed by atoms with Gasteiger partial charge in [0.25, 0.3) is 0 Å². The van der Waals surface area contributed by atoms with E-state index in [9.17, 15) is 17.6 Å². The molecule has 2 atom stereocenters. The van der Waals surface area contributed by atoms with Crippen LogP contribution in [0.2, 0.25) is 5.02 Å². The van der Waals surface area contributed by atoms with Crippen LogP contribution in [0, 0.1) is 11.7 Å². The number of rotatable bonds is 3. The quantitative estimate of drug-likeness (QED) is 0.799. The second kappa shape index (κ2) is 6.31. The monoisotopic (exact) mass is 309 g/mol. The Morgan fingerprint density at radius 2 is 1.90 bits per heavy atom. The topological polar surface area (TPSA) is 12.0 Å². The van der Waals surface area contributed by atoms with Crippen LogP contribution in [0.1, 0.15) is 31.2 Å². The molecule has 0 aromatic heterocycles. The molecule has 2 rings (SSSR count). The summed E-state index contributed by atoms with van der Waals surface area (Å²) in [4.78, 5) is 0. The molecule has 0 radical (unpaired) electrons. The molecule has 1 fully saturated rings. The number of hydrogen-bond acceptors (Lipinski definition) is 1. The van der Waals surface area contributed by atoms with Crippen molar-refractivity contribution in [3.8, 4) is 0 Å². The summed E-state index contributed by atoms with van der Waals surface area (Å²) in [5.41, 5.74) is 0.683. The second-order valence-electron chi connectivity index (χ2n) is 5.17. The van der Waals surface area contributed by atoms with Gasteiger partial charge in [-0.25, -0.2) is 4.39 Å². The van der Waals surface area contributed by atoms with Crippen LogP contribution in [-0.2, 0) is 6.54 Å². The summed E-state index contributed by atoms with van der Waals surface area (Å²) in [5, 5.41) is 2.93. The average Bonchev–Trinajstić information content (AvgIpc) is 2.39. The SMILES string of the molecule is Fc1ccc(CNC2CCCCC2C(F)(F)F)cc1Cl. The highest BCUT2D eigenvalue weighted by atomic mass is 35.5. The predicted octanol–water partition coefficient (Wildman–Crippen LogP) is 4.69. The molecule has 0 heterocycles. The summed E-state index contributed by atoms with van der Waals surface area (Å²) in [6.07, 6.45) is -2.07. The van der Waals surface area contributed by atoms with E-state index in [-0.39, 0.29) is 18.0 Å². The van der Waals surface area contributed by atoms with Gasteiger partial charge in [-0.15, -0.1) is 0 Å². The van der Waals surface area contributed by atoms with Crippen LogP contribution >= 0.6 is 11.6 Å². The summed E-state index contributed by atoms with van der Waals surface area (Å²) < 4.78 is 51.8. The fourth-order valence-electron chi connectivity index (χ4n) is 2.67. The molecule has 1 aliphatic rings. The molecular formula is C14H16ClF4N. The number of halogens is 5. The van der Waals surface area contributed by atoms with E-state index < -0.39 is 24.0 Å². The molecule has 0 saturated heterocycles. The molecule has 20 heavy (non-hydrogen) atoms. The first-order valence-corrected chi connectivity index (χ1v) is 7.00. The van der Waals surface area contributed by atoms with E-state index in [1.54, 1.807) is 0 Å². The van der Waals surface area contributed by atoms with E-state index in [1.807, 2.05) is 0 Å². The summed E-state index contributed by atoms with van der Waals surface area (Å²) in [7, 11) is 0. The lowest BCUT2D eigenvalue weighted by molar-refractivity contribution is -0.189. The maximum Gasteiger partial charge on any atom is 0.393 e. The summed E-state index contributed by atoms with van der Waals surface area (Å²) in [6.45, 7) is 0.261. The van der Waals surface area contributed by atoms with Gasteiger partial charge in [0.2, 0.25) is 0 Å². The molecule has 1 N–H and O–H groups in total. The van der Waals surface area contributed by atoms with E-state index in [0.717, 1.165) is 6.42 Å². The Kier molecular flexibility index (Phi) is 4.91. The van der Waals surface area contributed by atoms with E-state index >= 15 is 0 Å². The van der Waals surface area contributed by atoms with Crippen molar-refractivity contribution in [1.82, 2.24) is 5.32 Å². The van der Waals surface area contributed by atoms with Crippen molar-refractivity contribution >= 4 is 11.6 Å². The van der Waals surface area contributed by atoms with Crippen LogP contribution in [0.25, 0.3) is 0 Å². The predicted molar refractivity (Wildman–Crippen MR) is 70.1 cm³/mol. The molecule has 6 heteroatoms. The highest BCUT2D eigenvalue weighted by Crippen LogP contribution is 2.37. The smallest absolute Gasteiger partial charge is 0.309 e. The van der Waals surface area contributed by atoms with Crippen LogP contribution < -0.4 is 5.32 Å². The van der Waals surface area contributed by atoms with Crippen LogP contribution in [0.15, 0.2) is 18.2 Å². The highest BCUT2D eigenvalue weighted by molar-refractivity contribution is 6.30. The zero-order valence-electron chi connectivity index (χ0n) is 10.8. The average molecular weight is 310 g/mol. The third kappa shape index (κ3) is 3.85. The molecule has 1 aromatic carbocycles. The normalized spacial score (nSPS) is 23.9. The molecule has 1 nitrogen and oxygen atoms in total. The van der Waals surface area contributed by atoms with Crippen LogP contribution in [-0.4, -0.2) is 12.2 Å². The van der Waals surface area contributed by atoms with Gasteiger partial charge in [0.15, 0.2) is 0 Å². The van der Waals surface area contributed by atoms with E-state index in [4.69, 9.17) is 11.6 Å². The summed E-state index contributed by atoms with van der Waals surface area (Å²) >= 11 is 5.65. The van der Waals surface area contributed by atoms with Gasteiger partial charge in [-0.2, -0.15) is 13.2 Å². The molecule has 0 bridgehead atoms. The van der Waals surface area contributed by atoms with Crippen LogP contribution in [0.3, 0.4) is 0 Å². The molecule has 1 aliphatic carbocycles. The van der Waals surface area contributed by atoms with Crippen molar-refractivity contribution in [3.05, 3.63) is 34.6 Å². The van der Waals surface area contributed by atoms with Crippen LogP contribution in [0.4, 0.5) is 17.6 Å². The number of benzene rings is 1. The minimum atomic E-state index is -4.17. The van der Waals surface area contributed by atoms with Gasteiger partial charge in [-0.05, 0) is 30.5 Å². The Hall–Kier alpha value is -0.810. The Bertz CT molecular complexity index is 461. The third-order valence-electron chi connectivity index (χ3n) is 3.74. The van der Waals surface area contributed by atoms with E-state index in [1.165, 1.54) is 18.2 Å². The van der Waals surface area contributed by atoms with Gasteiger partial charge in [-0.1, -0.05) is 30.5 Å². The summed E-state index contributed by atoms with van der Waals surface area (Å²) in [6, 6.07) is 3.61. The second-order valence-corrected chi connectivity index (χ2v) is 5.58. The van der Waals surface area contributed by atoms with Crippen LogP contribution in [0.5, 0.6) is 0 Å². The third-order valence-corrected chi connectivity index (χ3v) is 4.03. The Morgan fingerprint density at radius 3 is 2.55 bits per heavy atom. The minimum absolute atomic E-state index is 0.0136. The number of nitrogens with one attached hydrogen (secondary N) is 1. The largest absolute Gasteiger partial charge is 0.393 e. The fraction of sp³-hybridized carbons (Fsp3) is 0.571. The first-order valence-electron chi connectivity index (χ1n) is 6.62. The van der Waals surface area contributed by atoms with Crippen molar-refractivity contribution in [1.29, 1.82) is 0 Å². The Morgan fingerprint density at radius 1 is 1.20 bits per heavy atom.